The van der Waals surface area contributed by atoms with Gasteiger partial charge in [0.15, 0.2) is 11.7 Å². The summed E-state index contributed by atoms with van der Waals surface area (Å²) in [6, 6.07) is 0. The minimum atomic E-state index is -1.51. The van der Waals surface area contributed by atoms with Crippen molar-refractivity contribution in [1.29, 1.82) is 0 Å². The van der Waals surface area contributed by atoms with Crippen molar-refractivity contribution in [3.05, 3.63) is 36.0 Å². The molecule has 0 aromatic carbocycles. The molecule has 0 aliphatic carbocycles. The highest BCUT2D eigenvalue weighted by atomic mass is 19.2. The number of hydrogen-bond acceptors (Lipinski definition) is 1. The first kappa shape index (κ1) is 10.6. The predicted octanol–water partition coefficient (Wildman–Crippen LogP) is 2.35. The minimum absolute atomic E-state index is 0.613. The highest BCUT2D eigenvalue weighted by Gasteiger charge is 2.15. The maximum absolute atomic E-state index is 12.7. The summed E-state index contributed by atoms with van der Waals surface area (Å²) in [6.07, 6.45) is 1.59. The van der Waals surface area contributed by atoms with E-state index in [1.165, 1.54) is 6.92 Å². The molecule has 0 aromatic rings. The van der Waals surface area contributed by atoms with E-state index in [2.05, 4.69) is 6.58 Å². The number of carboxylic acid groups (broad SMARTS) is 1. The van der Waals surface area contributed by atoms with E-state index >= 15 is 0 Å². The molecule has 1 N–H and O–H groups in total. The maximum atomic E-state index is 12.7. The predicted molar refractivity (Wildman–Crippen MR) is 40.8 cm³/mol. The van der Waals surface area contributed by atoms with Gasteiger partial charge >= 0.3 is 5.97 Å². The minimum Gasteiger partial charge on any atom is -0.478 e. The number of rotatable bonds is 3. The Balaban J connectivity index is 5.03. The monoisotopic (exact) mass is 174 g/mol. The van der Waals surface area contributed by atoms with Gasteiger partial charge in [-0.15, -0.1) is 0 Å². The molecular formula is C8H8F2O2. The molecule has 4 heteroatoms. The molecule has 0 bridgehead atoms. The lowest BCUT2D eigenvalue weighted by atomic mass is 10.2. The number of aliphatic carboxylic acids is 1. The molecule has 0 spiro atoms. The molecule has 0 rings (SSSR count). The summed E-state index contributed by atoms with van der Waals surface area (Å²) in [5, 5.41) is 8.34. The van der Waals surface area contributed by atoms with Crippen LogP contribution in [0.5, 0.6) is 0 Å². The lowest BCUT2D eigenvalue weighted by Crippen LogP contribution is -2.01. The van der Waals surface area contributed by atoms with E-state index in [9.17, 15) is 13.6 Å². The average molecular weight is 174 g/mol. The second-order valence-electron chi connectivity index (χ2n) is 1.87. The van der Waals surface area contributed by atoms with Gasteiger partial charge in [-0.25, -0.2) is 13.6 Å². The van der Waals surface area contributed by atoms with E-state index in [0.717, 1.165) is 6.08 Å². The molecule has 0 aliphatic heterocycles. The van der Waals surface area contributed by atoms with Gasteiger partial charge in [0.05, 0.1) is 5.57 Å². The van der Waals surface area contributed by atoms with E-state index in [-0.39, 0.29) is 0 Å². The molecule has 66 valence electrons. The van der Waals surface area contributed by atoms with Crippen molar-refractivity contribution >= 4 is 5.97 Å². The number of halogens is 2. The molecule has 0 atom stereocenters. The van der Waals surface area contributed by atoms with Gasteiger partial charge in [0, 0.05) is 0 Å². The van der Waals surface area contributed by atoms with Crippen molar-refractivity contribution in [1.82, 2.24) is 0 Å². The number of carbonyl (C=O) groups is 1. The average Bonchev–Trinajstić information content (AvgIpc) is 2.03. The fraction of sp³-hybridized carbons (Fsp3) is 0.125. The van der Waals surface area contributed by atoms with Crippen LogP contribution in [0, 0.1) is 0 Å². The van der Waals surface area contributed by atoms with Gasteiger partial charge < -0.3 is 5.11 Å². The molecule has 2 nitrogen and oxygen atoms in total. The van der Waals surface area contributed by atoms with E-state index in [0.29, 0.717) is 6.08 Å². The molecule has 0 saturated heterocycles. The van der Waals surface area contributed by atoms with E-state index in [1.54, 1.807) is 0 Å². The smallest absolute Gasteiger partial charge is 0.338 e. The number of carboxylic acids is 1. The van der Waals surface area contributed by atoms with Crippen LogP contribution in [0.25, 0.3) is 0 Å². The van der Waals surface area contributed by atoms with Crippen LogP contribution in [-0.4, -0.2) is 11.1 Å². The zero-order valence-electron chi connectivity index (χ0n) is 6.47. The quantitative estimate of drug-likeness (QED) is 0.526. The first-order valence-corrected chi connectivity index (χ1v) is 3.12. The molecule has 0 fully saturated rings. The van der Waals surface area contributed by atoms with Gasteiger partial charge in [0.2, 0.25) is 0 Å². The second kappa shape index (κ2) is 4.43. The van der Waals surface area contributed by atoms with Crippen LogP contribution in [0.4, 0.5) is 8.78 Å². The van der Waals surface area contributed by atoms with Gasteiger partial charge in [-0.3, -0.25) is 0 Å². The van der Waals surface area contributed by atoms with Gasteiger partial charge in [-0.2, -0.15) is 0 Å². The molecule has 0 aliphatic rings. The summed E-state index contributed by atoms with van der Waals surface area (Å²) in [6.45, 7) is 4.27. The third kappa shape index (κ3) is 2.30. The van der Waals surface area contributed by atoms with Gasteiger partial charge in [0.1, 0.15) is 0 Å². The summed E-state index contributed by atoms with van der Waals surface area (Å²) in [4.78, 5) is 10.2. The van der Waals surface area contributed by atoms with Crippen LogP contribution in [0.3, 0.4) is 0 Å². The Morgan fingerprint density at radius 1 is 1.50 bits per heavy atom. The SMILES string of the molecule is C=C/C(F)=C(F)\C(=C/C)C(=O)O. The van der Waals surface area contributed by atoms with Gasteiger partial charge in [0.25, 0.3) is 0 Å². The normalized spacial score (nSPS) is 13.8. The molecule has 0 unspecified atom stereocenters. The third-order valence-corrected chi connectivity index (χ3v) is 1.14. The molecule has 0 amide bonds. The van der Waals surface area contributed by atoms with Gasteiger partial charge in [-0.1, -0.05) is 12.7 Å². The van der Waals surface area contributed by atoms with Crippen LogP contribution >= 0.6 is 0 Å². The molecule has 0 radical (unpaired) electrons. The Kier molecular flexibility index (Phi) is 3.90. The summed E-state index contributed by atoms with van der Waals surface area (Å²) in [5.41, 5.74) is -0.701. The number of allylic oxidation sites excluding steroid dienone is 3. The van der Waals surface area contributed by atoms with Crippen LogP contribution < -0.4 is 0 Å². The van der Waals surface area contributed by atoms with E-state index in [1.807, 2.05) is 0 Å². The van der Waals surface area contributed by atoms with Crippen molar-refractivity contribution in [2.75, 3.05) is 0 Å². The Bertz CT molecular complexity index is 264. The summed E-state index contributed by atoms with van der Waals surface area (Å²) in [7, 11) is 0. The van der Waals surface area contributed by atoms with Crippen molar-refractivity contribution in [2.45, 2.75) is 6.92 Å². The Labute approximate surface area is 68.5 Å². The molecule has 0 aromatic heterocycles. The van der Waals surface area contributed by atoms with Crippen LogP contribution in [-0.2, 0) is 4.79 Å². The number of hydrogen-bond donors (Lipinski definition) is 1. The van der Waals surface area contributed by atoms with Crippen LogP contribution in [0.2, 0.25) is 0 Å². The standard InChI is InChI=1S/C8H8F2O2/c1-3-5(8(11)12)7(10)6(9)4-2/h3-4H,2H2,1H3,(H,11,12)/b5-3+,7-6-. The molecular weight excluding hydrogens is 166 g/mol. The molecule has 0 saturated carbocycles. The van der Waals surface area contributed by atoms with Crippen molar-refractivity contribution in [3.8, 4) is 0 Å². The lowest BCUT2D eigenvalue weighted by molar-refractivity contribution is -0.132. The maximum Gasteiger partial charge on any atom is 0.338 e. The topological polar surface area (TPSA) is 37.3 Å². The van der Waals surface area contributed by atoms with E-state index < -0.39 is 23.2 Å². The molecule has 0 heterocycles. The fourth-order valence-corrected chi connectivity index (χ4v) is 0.562. The first-order chi connectivity index (χ1) is 5.54. The van der Waals surface area contributed by atoms with Crippen molar-refractivity contribution in [3.63, 3.8) is 0 Å². The Hall–Kier alpha value is -1.45. The van der Waals surface area contributed by atoms with Crippen LogP contribution in [0.1, 0.15) is 6.92 Å². The van der Waals surface area contributed by atoms with Gasteiger partial charge in [-0.05, 0) is 13.0 Å². The van der Waals surface area contributed by atoms with Crippen molar-refractivity contribution in [2.24, 2.45) is 0 Å². The van der Waals surface area contributed by atoms with Crippen LogP contribution in [0.15, 0.2) is 36.0 Å². The summed E-state index contributed by atoms with van der Waals surface area (Å²) >= 11 is 0. The Morgan fingerprint density at radius 3 is 2.25 bits per heavy atom. The highest BCUT2D eigenvalue weighted by Crippen LogP contribution is 2.18. The summed E-state index contributed by atoms with van der Waals surface area (Å²) < 4.78 is 25.1. The molecule has 12 heavy (non-hydrogen) atoms. The fourth-order valence-electron chi connectivity index (χ4n) is 0.562. The zero-order chi connectivity index (χ0) is 9.72. The van der Waals surface area contributed by atoms with Crippen molar-refractivity contribution < 1.29 is 18.7 Å². The third-order valence-electron chi connectivity index (χ3n) is 1.14. The lowest BCUT2D eigenvalue weighted by Gasteiger charge is -1.97. The highest BCUT2D eigenvalue weighted by molar-refractivity contribution is 5.91. The Morgan fingerprint density at radius 2 is 2.00 bits per heavy atom. The van der Waals surface area contributed by atoms with E-state index in [4.69, 9.17) is 5.11 Å². The largest absolute Gasteiger partial charge is 0.478 e. The first-order valence-electron chi connectivity index (χ1n) is 3.12. The summed E-state index contributed by atoms with van der Waals surface area (Å²) in [5.74, 6) is -4.18. The second-order valence-corrected chi connectivity index (χ2v) is 1.87. The zero-order valence-corrected chi connectivity index (χ0v) is 6.47.